The van der Waals surface area contributed by atoms with Crippen LogP contribution in [0.25, 0.3) is 0 Å². The number of nitrogens with zero attached hydrogens (tertiary/aromatic N) is 6. The van der Waals surface area contributed by atoms with Gasteiger partial charge in [-0.3, -0.25) is 9.25 Å². The first-order valence-corrected chi connectivity index (χ1v) is 8.40. The first-order chi connectivity index (χ1) is 12.9. The standard InChI is InChI=1S/C17H20N6O4/c1-12(7-21-10-16(23(25)26)18-17(21)24)8-22-9-14(19-20-22)11-27-15-6-4-3-5-13(15)2/h3-6,9-10,12H,7-8,11H2,1-2H3,(H,18,24)/t12-/m0/s1. The minimum Gasteiger partial charge on any atom is -0.487 e. The molecular weight excluding hydrogens is 352 g/mol. The van der Waals surface area contributed by atoms with Crippen LogP contribution in [0, 0.1) is 23.0 Å². The quantitative estimate of drug-likeness (QED) is 0.475. The Balaban J connectivity index is 1.55. The van der Waals surface area contributed by atoms with Crippen LogP contribution in [-0.2, 0) is 19.7 Å². The molecule has 0 radical (unpaired) electrons. The van der Waals surface area contributed by atoms with Crippen molar-refractivity contribution in [2.24, 2.45) is 5.92 Å². The highest BCUT2D eigenvalue weighted by Gasteiger charge is 2.19. The summed E-state index contributed by atoms with van der Waals surface area (Å²) in [4.78, 5) is 13.6. The molecule has 3 rings (SSSR count). The van der Waals surface area contributed by atoms with E-state index in [0.29, 0.717) is 25.4 Å². The Kier molecular flexibility index (Phi) is 5.34. The topological polar surface area (TPSA) is 121 Å². The van der Waals surface area contributed by atoms with E-state index in [0.717, 1.165) is 11.3 Å². The van der Waals surface area contributed by atoms with E-state index in [2.05, 4.69) is 15.3 Å². The number of aromatic nitrogens is 5. The number of imidazole rings is 1. The van der Waals surface area contributed by atoms with Gasteiger partial charge in [0.2, 0.25) is 0 Å². The molecule has 0 amide bonds. The summed E-state index contributed by atoms with van der Waals surface area (Å²) in [6.45, 7) is 5.12. The third-order valence-electron chi connectivity index (χ3n) is 3.99. The summed E-state index contributed by atoms with van der Waals surface area (Å²) < 4.78 is 8.79. The van der Waals surface area contributed by atoms with Crippen molar-refractivity contribution < 1.29 is 14.8 Å². The molecule has 10 nitrogen and oxygen atoms in total. The number of nitro groups is 1. The number of aromatic hydroxyl groups is 1. The lowest BCUT2D eigenvalue weighted by atomic mass is 10.2. The molecule has 0 aliphatic heterocycles. The molecule has 1 N–H and O–H groups in total. The van der Waals surface area contributed by atoms with Gasteiger partial charge in [-0.25, -0.2) is 0 Å². The van der Waals surface area contributed by atoms with E-state index < -0.39 is 4.92 Å². The zero-order valence-electron chi connectivity index (χ0n) is 15.0. The van der Waals surface area contributed by atoms with Crippen LogP contribution in [0.3, 0.4) is 0 Å². The van der Waals surface area contributed by atoms with Crippen LogP contribution in [0.2, 0.25) is 0 Å². The SMILES string of the molecule is Cc1ccccc1OCc1cn(C[C@@H](C)Cn2cc([N+](=O)[O-])nc2O)nn1. The highest BCUT2D eigenvalue weighted by molar-refractivity contribution is 5.31. The monoisotopic (exact) mass is 372 g/mol. The lowest BCUT2D eigenvalue weighted by Gasteiger charge is -2.11. The normalized spacial score (nSPS) is 12.1. The summed E-state index contributed by atoms with van der Waals surface area (Å²) >= 11 is 0. The number of rotatable bonds is 8. The Morgan fingerprint density at radius 2 is 2.07 bits per heavy atom. The Labute approximate surface area is 155 Å². The number of hydrogen-bond acceptors (Lipinski definition) is 7. The van der Waals surface area contributed by atoms with Crippen LogP contribution >= 0.6 is 0 Å². The van der Waals surface area contributed by atoms with Crippen LogP contribution in [0.1, 0.15) is 18.2 Å². The van der Waals surface area contributed by atoms with Gasteiger partial charge in [0.1, 0.15) is 24.2 Å². The predicted molar refractivity (Wildman–Crippen MR) is 95.2 cm³/mol. The lowest BCUT2D eigenvalue weighted by molar-refractivity contribution is -0.389. The minimum absolute atomic E-state index is 0.0385. The van der Waals surface area contributed by atoms with E-state index in [1.165, 1.54) is 10.8 Å². The van der Waals surface area contributed by atoms with Gasteiger partial charge in [0, 0.05) is 18.1 Å². The number of ether oxygens (including phenoxy) is 1. The summed E-state index contributed by atoms with van der Waals surface area (Å²) in [6, 6.07) is 7.37. The molecule has 1 atom stereocenters. The average Bonchev–Trinajstić information content (AvgIpc) is 3.21. The first-order valence-electron chi connectivity index (χ1n) is 8.40. The van der Waals surface area contributed by atoms with E-state index in [1.807, 2.05) is 38.1 Å². The smallest absolute Gasteiger partial charge is 0.411 e. The fourth-order valence-electron chi connectivity index (χ4n) is 2.69. The Morgan fingerprint density at radius 1 is 1.30 bits per heavy atom. The largest absolute Gasteiger partial charge is 0.487 e. The van der Waals surface area contributed by atoms with Crippen LogP contribution < -0.4 is 4.74 Å². The molecule has 0 aliphatic carbocycles. The van der Waals surface area contributed by atoms with Gasteiger partial charge < -0.3 is 20.0 Å². The third kappa shape index (κ3) is 4.60. The van der Waals surface area contributed by atoms with Crippen LogP contribution in [0.4, 0.5) is 5.82 Å². The van der Waals surface area contributed by atoms with Gasteiger partial charge in [-0.05, 0) is 29.4 Å². The van der Waals surface area contributed by atoms with Crippen LogP contribution in [0.15, 0.2) is 36.7 Å². The average molecular weight is 372 g/mol. The molecule has 3 aromatic rings. The molecule has 2 heterocycles. The fourth-order valence-corrected chi connectivity index (χ4v) is 2.69. The maximum atomic E-state index is 10.7. The van der Waals surface area contributed by atoms with Crippen molar-refractivity contribution in [1.29, 1.82) is 0 Å². The van der Waals surface area contributed by atoms with E-state index in [-0.39, 0.29) is 17.7 Å². The molecule has 0 fully saturated rings. The molecule has 0 aliphatic rings. The second kappa shape index (κ2) is 7.85. The Hall–Kier alpha value is -3.43. The second-order valence-corrected chi connectivity index (χ2v) is 6.40. The number of aryl methyl sites for hydroxylation is 1. The molecule has 0 saturated heterocycles. The maximum absolute atomic E-state index is 10.7. The van der Waals surface area contributed by atoms with E-state index in [9.17, 15) is 15.2 Å². The zero-order chi connectivity index (χ0) is 19.4. The summed E-state index contributed by atoms with van der Waals surface area (Å²) in [6.07, 6.45) is 3.01. The molecule has 27 heavy (non-hydrogen) atoms. The summed E-state index contributed by atoms with van der Waals surface area (Å²) in [5.74, 6) is 0.463. The Bertz CT molecular complexity index is 935. The predicted octanol–water partition coefficient (Wildman–Crippen LogP) is 2.31. The minimum atomic E-state index is -0.640. The number of benzene rings is 1. The molecule has 10 heteroatoms. The second-order valence-electron chi connectivity index (χ2n) is 6.40. The maximum Gasteiger partial charge on any atom is 0.411 e. The molecule has 0 bridgehead atoms. The summed E-state index contributed by atoms with van der Waals surface area (Å²) in [5, 5.41) is 28.6. The van der Waals surface area contributed by atoms with Crippen molar-refractivity contribution in [3.05, 3.63) is 58.0 Å². The van der Waals surface area contributed by atoms with Crippen LogP contribution in [0.5, 0.6) is 11.8 Å². The highest BCUT2D eigenvalue weighted by Crippen LogP contribution is 2.19. The van der Waals surface area contributed by atoms with E-state index in [4.69, 9.17) is 4.74 Å². The zero-order valence-corrected chi connectivity index (χ0v) is 15.0. The molecule has 142 valence electrons. The molecule has 0 unspecified atom stereocenters. The number of para-hydroxylation sites is 1. The molecular formula is C17H20N6O4. The van der Waals surface area contributed by atoms with E-state index >= 15 is 0 Å². The highest BCUT2D eigenvalue weighted by atomic mass is 16.6. The third-order valence-corrected chi connectivity index (χ3v) is 3.99. The van der Waals surface area contributed by atoms with Crippen LogP contribution in [-0.4, -0.2) is 34.6 Å². The van der Waals surface area contributed by atoms with Gasteiger partial charge >= 0.3 is 11.8 Å². The Morgan fingerprint density at radius 3 is 2.78 bits per heavy atom. The van der Waals surface area contributed by atoms with Crippen molar-refractivity contribution in [3.8, 4) is 11.8 Å². The van der Waals surface area contributed by atoms with Crippen molar-refractivity contribution in [1.82, 2.24) is 24.5 Å². The lowest BCUT2D eigenvalue weighted by Crippen LogP contribution is -2.14. The molecule has 0 spiro atoms. The van der Waals surface area contributed by atoms with Gasteiger partial charge in [0.15, 0.2) is 0 Å². The first kappa shape index (κ1) is 18.4. The summed E-state index contributed by atoms with van der Waals surface area (Å²) in [5.41, 5.74) is 1.75. The van der Waals surface area contributed by atoms with Crippen molar-refractivity contribution in [2.45, 2.75) is 33.5 Å². The van der Waals surface area contributed by atoms with Gasteiger partial charge in [-0.1, -0.05) is 30.3 Å². The molecule has 2 aromatic heterocycles. The van der Waals surface area contributed by atoms with Gasteiger partial charge in [-0.15, -0.1) is 5.10 Å². The van der Waals surface area contributed by atoms with Gasteiger partial charge in [-0.2, -0.15) is 0 Å². The number of hydrogen-bond donors (Lipinski definition) is 1. The van der Waals surface area contributed by atoms with Crippen molar-refractivity contribution in [2.75, 3.05) is 0 Å². The van der Waals surface area contributed by atoms with Crippen molar-refractivity contribution in [3.63, 3.8) is 0 Å². The molecule has 0 saturated carbocycles. The molecule has 1 aromatic carbocycles. The van der Waals surface area contributed by atoms with E-state index in [1.54, 1.807) is 10.9 Å². The summed E-state index contributed by atoms with van der Waals surface area (Å²) in [7, 11) is 0. The van der Waals surface area contributed by atoms with Gasteiger partial charge in [0.05, 0.1) is 6.20 Å². The van der Waals surface area contributed by atoms with Gasteiger partial charge in [0.25, 0.3) is 0 Å². The van der Waals surface area contributed by atoms with Crippen molar-refractivity contribution >= 4 is 5.82 Å². The fraction of sp³-hybridized carbons (Fsp3) is 0.353.